The first-order valence-electron chi connectivity index (χ1n) is 8.11. The van der Waals surface area contributed by atoms with E-state index in [-0.39, 0.29) is 6.10 Å². The van der Waals surface area contributed by atoms with Gasteiger partial charge in [0.2, 0.25) is 0 Å². The molecule has 3 fully saturated rings. The van der Waals surface area contributed by atoms with Gasteiger partial charge in [-0.25, -0.2) is 0 Å². The minimum Gasteiger partial charge on any atom is -0.393 e. The van der Waals surface area contributed by atoms with E-state index in [1.54, 1.807) is 0 Å². The highest BCUT2D eigenvalue weighted by Gasteiger charge is 2.63. The minimum absolute atomic E-state index is 0.0951. The van der Waals surface area contributed by atoms with Gasteiger partial charge in [0.25, 0.3) is 0 Å². The van der Waals surface area contributed by atoms with E-state index < -0.39 is 0 Å². The van der Waals surface area contributed by atoms with Crippen LogP contribution in [0.5, 0.6) is 0 Å². The molecule has 0 amide bonds. The number of methoxy groups -OCH3 is 1. The van der Waals surface area contributed by atoms with Crippen LogP contribution in [0.3, 0.4) is 0 Å². The molecular formula is C17H30O2. The largest absolute Gasteiger partial charge is 0.393 e. The molecule has 0 heterocycles. The van der Waals surface area contributed by atoms with Gasteiger partial charge in [0.1, 0.15) is 0 Å². The van der Waals surface area contributed by atoms with Gasteiger partial charge in [-0.1, -0.05) is 20.8 Å². The maximum atomic E-state index is 10.1. The van der Waals surface area contributed by atoms with Gasteiger partial charge in [-0.05, 0) is 67.1 Å². The molecule has 0 aromatic heterocycles. The van der Waals surface area contributed by atoms with Crippen molar-refractivity contribution in [1.82, 2.24) is 0 Å². The Kier molecular flexibility index (Phi) is 3.26. The second-order valence-electron chi connectivity index (χ2n) is 8.12. The van der Waals surface area contributed by atoms with E-state index in [1.807, 2.05) is 7.11 Å². The van der Waals surface area contributed by atoms with Gasteiger partial charge >= 0.3 is 0 Å². The monoisotopic (exact) mass is 266 g/mol. The smallest absolute Gasteiger partial charge is 0.0604 e. The second-order valence-corrected chi connectivity index (χ2v) is 8.12. The maximum Gasteiger partial charge on any atom is 0.0604 e. The number of hydrogen-bond donors (Lipinski definition) is 1. The fraction of sp³-hybridized carbons (Fsp3) is 1.00. The summed E-state index contributed by atoms with van der Waals surface area (Å²) in [6.07, 6.45) is 7.35. The van der Waals surface area contributed by atoms with E-state index in [9.17, 15) is 5.11 Å². The Bertz CT molecular complexity index is 351. The van der Waals surface area contributed by atoms with Crippen LogP contribution < -0.4 is 0 Å². The van der Waals surface area contributed by atoms with Gasteiger partial charge in [0.15, 0.2) is 0 Å². The van der Waals surface area contributed by atoms with Crippen molar-refractivity contribution in [3.63, 3.8) is 0 Å². The third-order valence-corrected chi connectivity index (χ3v) is 7.49. The Labute approximate surface area is 117 Å². The summed E-state index contributed by atoms with van der Waals surface area (Å²) in [5.74, 6) is 2.21. The van der Waals surface area contributed by atoms with Crippen LogP contribution >= 0.6 is 0 Å². The van der Waals surface area contributed by atoms with Gasteiger partial charge in [-0.3, -0.25) is 0 Å². The Hall–Kier alpha value is -0.0800. The Morgan fingerprint density at radius 3 is 2.32 bits per heavy atom. The van der Waals surface area contributed by atoms with Crippen molar-refractivity contribution in [2.75, 3.05) is 7.11 Å². The summed E-state index contributed by atoms with van der Waals surface area (Å²) >= 11 is 0. The summed E-state index contributed by atoms with van der Waals surface area (Å²) in [6, 6.07) is 0. The zero-order valence-electron chi connectivity index (χ0n) is 13.0. The number of rotatable bonds is 2. The number of aliphatic hydroxyl groups is 1. The van der Waals surface area contributed by atoms with Crippen LogP contribution in [0, 0.1) is 28.6 Å². The molecular weight excluding hydrogens is 236 g/mol. The Morgan fingerprint density at radius 1 is 1.05 bits per heavy atom. The molecule has 3 aliphatic rings. The summed E-state index contributed by atoms with van der Waals surface area (Å²) in [5.41, 5.74) is 0.925. The van der Waals surface area contributed by atoms with Crippen LogP contribution in [0.25, 0.3) is 0 Å². The van der Waals surface area contributed by atoms with Crippen LogP contribution in [0.4, 0.5) is 0 Å². The topological polar surface area (TPSA) is 29.5 Å². The van der Waals surface area contributed by atoms with Crippen molar-refractivity contribution >= 4 is 0 Å². The predicted molar refractivity (Wildman–Crippen MR) is 76.9 cm³/mol. The van der Waals surface area contributed by atoms with E-state index in [0.29, 0.717) is 22.9 Å². The average molecular weight is 266 g/mol. The minimum atomic E-state index is -0.0951. The zero-order valence-corrected chi connectivity index (χ0v) is 13.0. The van der Waals surface area contributed by atoms with Crippen molar-refractivity contribution in [1.29, 1.82) is 0 Å². The van der Waals surface area contributed by atoms with E-state index in [1.165, 1.54) is 19.3 Å². The summed E-state index contributed by atoms with van der Waals surface area (Å²) in [5, 5.41) is 10.1. The molecule has 110 valence electrons. The van der Waals surface area contributed by atoms with Gasteiger partial charge < -0.3 is 9.84 Å². The Balaban J connectivity index is 1.86. The second kappa shape index (κ2) is 4.46. The fourth-order valence-electron chi connectivity index (χ4n) is 5.78. The fourth-order valence-corrected chi connectivity index (χ4v) is 5.78. The zero-order chi connectivity index (χ0) is 13.8. The Morgan fingerprint density at radius 2 is 1.79 bits per heavy atom. The molecule has 2 heteroatoms. The number of fused-ring (bicyclic) bond motifs is 2. The van der Waals surface area contributed by atoms with Crippen LogP contribution in [-0.4, -0.2) is 24.4 Å². The first-order valence-corrected chi connectivity index (χ1v) is 8.11. The molecule has 0 spiro atoms. The van der Waals surface area contributed by atoms with Crippen molar-refractivity contribution in [2.45, 2.75) is 71.5 Å². The number of aliphatic hydroxyl groups excluding tert-OH is 1. The van der Waals surface area contributed by atoms with E-state index >= 15 is 0 Å². The van der Waals surface area contributed by atoms with Crippen molar-refractivity contribution in [3.8, 4) is 0 Å². The molecule has 2 bridgehead atoms. The van der Waals surface area contributed by atoms with Crippen molar-refractivity contribution < 1.29 is 9.84 Å². The molecule has 3 unspecified atom stereocenters. The first kappa shape index (κ1) is 13.9. The molecule has 1 N–H and O–H groups in total. The quantitative estimate of drug-likeness (QED) is 0.827. The van der Waals surface area contributed by atoms with Crippen LogP contribution in [-0.2, 0) is 4.74 Å². The summed E-state index contributed by atoms with van der Waals surface area (Å²) in [7, 11) is 1.86. The van der Waals surface area contributed by atoms with Crippen molar-refractivity contribution in [2.24, 2.45) is 28.6 Å². The lowest BCUT2D eigenvalue weighted by atomic mass is 9.60. The van der Waals surface area contributed by atoms with Gasteiger partial charge in [-0.15, -0.1) is 0 Å². The van der Waals surface area contributed by atoms with Gasteiger partial charge in [0.05, 0.1) is 12.2 Å². The molecule has 0 aromatic carbocycles. The molecule has 2 nitrogen and oxygen atoms in total. The average Bonchev–Trinajstić information content (AvgIpc) is 2.71. The van der Waals surface area contributed by atoms with Crippen LogP contribution in [0.15, 0.2) is 0 Å². The van der Waals surface area contributed by atoms with Crippen LogP contribution in [0.1, 0.15) is 59.3 Å². The molecule has 3 rings (SSSR count). The molecule has 0 aromatic rings. The highest BCUT2D eigenvalue weighted by atomic mass is 16.5. The summed E-state index contributed by atoms with van der Waals surface area (Å²) in [6.45, 7) is 7.47. The maximum absolute atomic E-state index is 10.1. The normalized spacial score (nSPS) is 52.6. The highest BCUT2D eigenvalue weighted by Crippen LogP contribution is 2.70. The first-order chi connectivity index (χ1) is 8.90. The molecule has 0 aliphatic heterocycles. The lowest BCUT2D eigenvalue weighted by molar-refractivity contribution is -0.0713. The molecule has 0 radical (unpaired) electrons. The molecule has 0 saturated heterocycles. The van der Waals surface area contributed by atoms with Gasteiger partial charge in [0, 0.05) is 7.11 Å². The van der Waals surface area contributed by atoms with Crippen LogP contribution in [0.2, 0.25) is 0 Å². The third kappa shape index (κ3) is 1.82. The van der Waals surface area contributed by atoms with E-state index in [2.05, 4.69) is 20.8 Å². The lowest BCUT2D eigenvalue weighted by Crippen LogP contribution is -2.44. The molecule has 6 atom stereocenters. The number of ether oxygens (including phenoxy) is 1. The van der Waals surface area contributed by atoms with Crippen molar-refractivity contribution in [3.05, 3.63) is 0 Å². The molecule has 3 aliphatic carbocycles. The summed E-state index contributed by atoms with van der Waals surface area (Å²) in [4.78, 5) is 0. The third-order valence-electron chi connectivity index (χ3n) is 7.49. The van der Waals surface area contributed by atoms with Gasteiger partial charge in [-0.2, -0.15) is 0 Å². The number of hydrogen-bond acceptors (Lipinski definition) is 2. The molecule has 3 saturated carbocycles. The standard InChI is InChI=1S/C17H30O2/c1-16(2)11-7-8-17(16,3)14(9-11)13-10-12(18)5-6-15(13)19-4/h11-15,18H,5-10H2,1-4H3/t11-,12?,13?,14+,15?,17+/m0/s1. The predicted octanol–water partition coefficient (Wildman–Crippen LogP) is 3.62. The lowest BCUT2D eigenvalue weighted by Gasteiger charge is -2.47. The summed E-state index contributed by atoms with van der Waals surface area (Å²) < 4.78 is 5.77. The molecule has 19 heavy (non-hydrogen) atoms. The highest BCUT2D eigenvalue weighted by molar-refractivity contribution is 5.12. The SMILES string of the molecule is COC1CCC(O)CC1[C@H]1C[C@@H]2CC[C@@]1(C)C2(C)C. The van der Waals surface area contributed by atoms with E-state index in [0.717, 1.165) is 31.1 Å². The van der Waals surface area contributed by atoms with E-state index in [4.69, 9.17) is 4.74 Å².